The van der Waals surface area contributed by atoms with Gasteiger partial charge in [-0.15, -0.1) is 0 Å². The molecular formula is C11H20N4O3S. The third kappa shape index (κ3) is 2.90. The second kappa shape index (κ2) is 5.48. The fourth-order valence-electron chi connectivity index (χ4n) is 2.10. The van der Waals surface area contributed by atoms with Gasteiger partial charge in [0.15, 0.2) is 5.82 Å². The Morgan fingerprint density at radius 1 is 1.58 bits per heavy atom. The maximum Gasteiger partial charge on any atom is 0.248 e. The zero-order valence-electron chi connectivity index (χ0n) is 11.2. The molecule has 1 aromatic heterocycles. The fourth-order valence-corrected chi connectivity index (χ4v) is 3.66. The van der Waals surface area contributed by atoms with Crippen LogP contribution in [0.5, 0.6) is 0 Å². The third-order valence-electron chi connectivity index (χ3n) is 3.03. The van der Waals surface area contributed by atoms with E-state index in [0.29, 0.717) is 26.2 Å². The van der Waals surface area contributed by atoms with Gasteiger partial charge in [0.05, 0.1) is 12.7 Å². The molecular weight excluding hydrogens is 268 g/mol. The fraction of sp³-hybridized carbons (Fsp3) is 0.727. The molecule has 1 unspecified atom stereocenters. The Morgan fingerprint density at radius 3 is 2.95 bits per heavy atom. The predicted molar refractivity (Wildman–Crippen MR) is 71.1 cm³/mol. The number of hydrogen-bond acceptors (Lipinski definition) is 5. The van der Waals surface area contributed by atoms with Gasteiger partial charge in [-0.25, -0.2) is 8.42 Å². The Labute approximate surface area is 113 Å². The monoisotopic (exact) mass is 288 g/mol. The van der Waals surface area contributed by atoms with E-state index in [4.69, 9.17) is 10.5 Å². The van der Waals surface area contributed by atoms with Crippen LogP contribution in [0.15, 0.2) is 11.1 Å². The lowest BCUT2D eigenvalue weighted by molar-refractivity contribution is 0.0102. The minimum atomic E-state index is -3.58. The normalized spacial score (nSPS) is 21.7. The van der Waals surface area contributed by atoms with E-state index in [0.717, 1.165) is 6.42 Å². The number of morpholine rings is 1. The van der Waals surface area contributed by atoms with Crippen LogP contribution in [0.4, 0.5) is 5.82 Å². The average Bonchev–Trinajstić information content (AvgIpc) is 2.71. The molecule has 0 aromatic carbocycles. The van der Waals surface area contributed by atoms with Crippen molar-refractivity contribution in [2.75, 3.05) is 25.4 Å². The van der Waals surface area contributed by atoms with E-state index in [9.17, 15) is 8.42 Å². The molecule has 7 nitrogen and oxygen atoms in total. The van der Waals surface area contributed by atoms with Gasteiger partial charge < -0.3 is 10.5 Å². The second-order valence-corrected chi connectivity index (χ2v) is 6.59. The molecule has 1 saturated heterocycles. The van der Waals surface area contributed by atoms with Crippen molar-refractivity contribution in [3.63, 3.8) is 0 Å². The van der Waals surface area contributed by atoms with E-state index >= 15 is 0 Å². The van der Waals surface area contributed by atoms with Crippen LogP contribution in [0, 0.1) is 0 Å². The first-order chi connectivity index (χ1) is 8.95. The topological polar surface area (TPSA) is 90.5 Å². The van der Waals surface area contributed by atoms with E-state index in [2.05, 4.69) is 5.10 Å². The number of rotatable bonds is 4. The highest BCUT2D eigenvalue weighted by molar-refractivity contribution is 7.89. The molecule has 0 saturated carbocycles. The number of hydrogen-bond donors (Lipinski definition) is 1. The molecule has 19 heavy (non-hydrogen) atoms. The first-order valence-corrected chi connectivity index (χ1v) is 7.84. The summed E-state index contributed by atoms with van der Waals surface area (Å²) in [5.74, 6) is 0.0626. The summed E-state index contributed by atoms with van der Waals surface area (Å²) in [4.78, 5) is 0.0926. The van der Waals surface area contributed by atoms with Crippen molar-refractivity contribution in [3.05, 3.63) is 6.20 Å². The van der Waals surface area contributed by atoms with Crippen LogP contribution in [0.2, 0.25) is 0 Å². The summed E-state index contributed by atoms with van der Waals surface area (Å²) in [5, 5.41) is 4.04. The molecule has 0 spiro atoms. The van der Waals surface area contributed by atoms with Crippen LogP contribution >= 0.6 is 0 Å². The van der Waals surface area contributed by atoms with Crippen LogP contribution in [-0.4, -0.2) is 48.3 Å². The lowest BCUT2D eigenvalue weighted by Crippen LogP contribution is -2.44. The Balaban J connectivity index is 2.28. The third-order valence-corrected chi connectivity index (χ3v) is 4.91. The van der Waals surface area contributed by atoms with E-state index in [1.54, 1.807) is 4.68 Å². The van der Waals surface area contributed by atoms with Crippen LogP contribution in [0.3, 0.4) is 0 Å². The molecule has 1 atom stereocenters. The van der Waals surface area contributed by atoms with Gasteiger partial charge in [-0.05, 0) is 13.3 Å². The van der Waals surface area contributed by atoms with Gasteiger partial charge in [-0.2, -0.15) is 9.40 Å². The number of nitrogen functional groups attached to an aromatic ring is 1. The maximum atomic E-state index is 12.5. The molecule has 2 N–H and O–H groups in total. The van der Waals surface area contributed by atoms with Crippen molar-refractivity contribution in [3.8, 4) is 0 Å². The maximum absolute atomic E-state index is 12.5. The molecule has 2 heterocycles. The van der Waals surface area contributed by atoms with Gasteiger partial charge >= 0.3 is 0 Å². The molecule has 1 fully saturated rings. The number of nitrogens with two attached hydrogens (primary N) is 1. The molecule has 0 radical (unpaired) electrons. The highest BCUT2D eigenvalue weighted by Gasteiger charge is 2.32. The lowest BCUT2D eigenvalue weighted by atomic mass is 10.3. The number of anilines is 1. The van der Waals surface area contributed by atoms with Gasteiger partial charge in [-0.1, -0.05) is 6.92 Å². The van der Waals surface area contributed by atoms with Crippen molar-refractivity contribution >= 4 is 15.8 Å². The summed E-state index contributed by atoms with van der Waals surface area (Å²) >= 11 is 0. The molecule has 1 aromatic rings. The Hall–Kier alpha value is -1.12. The molecule has 0 aliphatic carbocycles. The smallest absolute Gasteiger partial charge is 0.248 e. The van der Waals surface area contributed by atoms with Gasteiger partial charge in [0.25, 0.3) is 0 Å². The summed E-state index contributed by atoms with van der Waals surface area (Å²) in [6, 6.07) is 0. The summed E-state index contributed by atoms with van der Waals surface area (Å²) in [6.45, 7) is 5.61. The Morgan fingerprint density at radius 2 is 2.32 bits per heavy atom. The van der Waals surface area contributed by atoms with Gasteiger partial charge in [0.2, 0.25) is 10.0 Å². The van der Waals surface area contributed by atoms with E-state index < -0.39 is 10.0 Å². The first-order valence-electron chi connectivity index (χ1n) is 6.39. The zero-order valence-corrected chi connectivity index (χ0v) is 12.1. The number of aryl methyl sites for hydroxylation is 1. The van der Waals surface area contributed by atoms with Crippen LogP contribution in [0.1, 0.15) is 20.3 Å². The number of aromatic nitrogens is 2. The summed E-state index contributed by atoms with van der Waals surface area (Å²) < 4.78 is 33.4. The molecule has 2 rings (SSSR count). The number of ether oxygens (including phenoxy) is 1. The number of sulfonamides is 1. The summed E-state index contributed by atoms with van der Waals surface area (Å²) in [7, 11) is -3.58. The molecule has 0 amide bonds. The van der Waals surface area contributed by atoms with Crippen molar-refractivity contribution in [2.24, 2.45) is 0 Å². The molecule has 1 aliphatic heterocycles. The molecule has 1 aliphatic rings. The Bertz CT molecular complexity index is 540. The molecule has 108 valence electrons. The van der Waals surface area contributed by atoms with Gasteiger partial charge in [0.1, 0.15) is 4.90 Å². The van der Waals surface area contributed by atoms with E-state index in [-0.39, 0.29) is 16.8 Å². The predicted octanol–water partition coefficient (Wildman–Crippen LogP) is 0.285. The van der Waals surface area contributed by atoms with Crippen LogP contribution < -0.4 is 5.73 Å². The standard InChI is InChI=1S/C11H20N4O3S/c1-3-4-14-8-10(11(12)13-14)19(16,17)15-5-6-18-9(2)7-15/h8-9H,3-7H2,1-2H3,(H2,12,13). The Kier molecular flexibility index (Phi) is 4.12. The number of nitrogens with zero attached hydrogens (tertiary/aromatic N) is 3. The van der Waals surface area contributed by atoms with Crippen LogP contribution in [0.25, 0.3) is 0 Å². The molecule has 0 bridgehead atoms. The van der Waals surface area contributed by atoms with Gasteiger partial charge in [0, 0.05) is 25.8 Å². The minimum absolute atomic E-state index is 0.0626. The minimum Gasteiger partial charge on any atom is -0.381 e. The second-order valence-electron chi connectivity index (χ2n) is 4.69. The van der Waals surface area contributed by atoms with Crippen molar-refractivity contribution in [2.45, 2.75) is 37.8 Å². The van der Waals surface area contributed by atoms with Gasteiger partial charge in [-0.3, -0.25) is 4.68 Å². The highest BCUT2D eigenvalue weighted by atomic mass is 32.2. The van der Waals surface area contributed by atoms with Crippen LogP contribution in [-0.2, 0) is 21.3 Å². The molecule has 8 heteroatoms. The largest absolute Gasteiger partial charge is 0.381 e. The van der Waals surface area contributed by atoms with Crippen molar-refractivity contribution < 1.29 is 13.2 Å². The van der Waals surface area contributed by atoms with E-state index in [1.165, 1.54) is 10.5 Å². The summed E-state index contributed by atoms with van der Waals surface area (Å²) in [6.07, 6.45) is 2.28. The van der Waals surface area contributed by atoms with E-state index in [1.807, 2.05) is 13.8 Å². The zero-order chi connectivity index (χ0) is 14.0. The summed E-state index contributed by atoms with van der Waals surface area (Å²) in [5.41, 5.74) is 5.73. The van der Waals surface area contributed by atoms with Crippen molar-refractivity contribution in [1.29, 1.82) is 0 Å². The van der Waals surface area contributed by atoms with Crippen molar-refractivity contribution in [1.82, 2.24) is 14.1 Å². The highest BCUT2D eigenvalue weighted by Crippen LogP contribution is 2.23. The first kappa shape index (κ1) is 14.3. The quantitative estimate of drug-likeness (QED) is 0.859. The lowest BCUT2D eigenvalue weighted by Gasteiger charge is -2.29. The average molecular weight is 288 g/mol. The SMILES string of the molecule is CCCn1cc(S(=O)(=O)N2CCOC(C)C2)c(N)n1.